The summed E-state index contributed by atoms with van der Waals surface area (Å²) in [4.78, 5) is 39.1. The molecule has 1 aromatic rings. The van der Waals surface area contributed by atoms with Gasteiger partial charge in [0.1, 0.15) is 10.7 Å². The van der Waals surface area contributed by atoms with E-state index >= 15 is 0 Å². The van der Waals surface area contributed by atoms with Crippen LogP contribution < -0.4 is 11.1 Å². The van der Waals surface area contributed by atoms with Gasteiger partial charge in [-0.25, -0.2) is 4.79 Å². The molecule has 138 valence electrons. The molecule has 0 aromatic carbocycles. The van der Waals surface area contributed by atoms with E-state index in [0.29, 0.717) is 0 Å². The van der Waals surface area contributed by atoms with Gasteiger partial charge in [-0.1, -0.05) is 17.8 Å². The fraction of sp³-hybridized carbons (Fsp3) is 0.176. The van der Waals surface area contributed by atoms with E-state index in [1.807, 2.05) is 11.4 Å². The molecule has 8 nitrogen and oxygen atoms in total. The van der Waals surface area contributed by atoms with Crippen LogP contribution in [0.3, 0.4) is 0 Å². The summed E-state index contributed by atoms with van der Waals surface area (Å²) in [6, 6.07) is 5.61. The van der Waals surface area contributed by atoms with Crippen molar-refractivity contribution in [3.8, 4) is 6.07 Å². The van der Waals surface area contributed by atoms with Crippen molar-refractivity contribution in [3.63, 3.8) is 0 Å². The second kappa shape index (κ2) is 7.30. The molecule has 3 N–H and O–H groups in total. The molecule has 0 bridgehead atoms. The number of carbonyl (C=O) groups is 3. The van der Waals surface area contributed by atoms with E-state index in [9.17, 15) is 19.6 Å². The number of fused-ring (bicyclic) bond motifs is 1. The van der Waals surface area contributed by atoms with E-state index in [-0.39, 0.29) is 26.9 Å². The molecule has 1 aromatic heterocycles. The quantitative estimate of drug-likeness (QED) is 0.726. The summed E-state index contributed by atoms with van der Waals surface area (Å²) in [5, 5.41) is 14.2. The normalized spacial score (nSPS) is 19.3. The Hall–Kier alpha value is -3.03. The van der Waals surface area contributed by atoms with E-state index in [2.05, 4.69) is 5.32 Å². The molecular formula is C17H14N4O4S2. The predicted octanol–water partition coefficient (Wildman–Crippen LogP) is 1.13. The van der Waals surface area contributed by atoms with Crippen molar-refractivity contribution in [2.75, 3.05) is 14.2 Å². The van der Waals surface area contributed by atoms with Crippen LogP contribution in [0.1, 0.15) is 10.8 Å². The third-order valence-corrected chi connectivity index (χ3v) is 6.05. The van der Waals surface area contributed by atoms with Gasteiger partial charge in [-0.05, 0) is 11.4 Å². The molecule has 27 heavy (non-hydrogen) atoms. The number of thiophene rings is 1. The number of nitrogens with two attached hydrogens (primary N) is 1. The van der Waals surface area contributed by atoms with Gasteiger partial charge in [0.2, 0.25) is 0 Å². The van der Waals surface area contributed by atoms with Gasteiger partial charge in [0.05, 0.1) is 35.3 Å². The summed E-state index contributed by atoms with van der Waals surface area (Å²) in [6.45, 7) is 0. The van der Waals surface area contributed by atoms with Crippen molar-refractivity contribution in [1.29, 1.82) is 5.26 Å². The Labute approximate surface area is 162 Å². The fourth-order valence-corrected chi connectivity index (χ4v) is 4.80. The zero-order chi connectivity index (χ0) is 19.7. The number of carbonyl (C=O) groups excluding carboxylic acids is 3. The maximum atomic E-state index is 12.7. The lowest BCUT2D eigenvalue weighted by Crippen LogP contribution is -2.42. The molecule has 3 rings (SSSR count). The van der Waals surface area contributed by atoms with Gasteiger partial charge in [-0.15, -0.1) is 11.3 Å². The minimum Gasteiger partial charge on any atom is -0.465 e. The number of ether oxygens (including phenoxy) is 1. The van der Waals surface area contributed by atoms with E-state index in [0.717, 1.165) is 27.6 Å². The van der Waals surface area contributed by atoms with Crippen LogP contribution in [0.15, 0.2) is 50.5 Å². The number of methoxy groups -OCH3 is 1. The highest BCUT2D eigenvalue weighted by molar-refractivity contribution is 8.07. The van der Waals surface area contributed by atoms with Crippen LogP contribution in [-0.4, -0.2) is 36.8 Å². The van der Waals surface area contributed by atoms with Gasteiger partial charge in [0.25, 0.3) is 11.8 Å². The summed E-state index contributed by atoms with van der Waals surface area (Å²) in [6.07, 6.45) is 1.08. The minimum atomic E-state index is -0.738. The van der Waals surface area contributed by atoms with Crippen LogP contribution in [0, 0.1) is 11.3 Å². The Balaban J connectivity index is 2.29. The number of nitrogens with one attached hydrogen (secondary N) is 1. The molecule has 1 unspecified atom stereocenters. The molecular weight excluding hydrogens is 388 g/mol. The lowest BCUT2D eigenvalue weighted by Gasteiger charge is -2.36. The van der Waals surface area contributed by atoms with Crippen molar-refractivity contribution in [1.82, 2.24) is 10.2 Å². The monoisotopic (exact) mass is 402 g/mol. The molecule has 2 amide bonds. The lowest BCUT2D eigenvalue weighted by atomic mass is 9.87. The van der Waals surface area contributed by atoms with Crippen molar-refractivity contribution in [2.24, 2.45) is 5.73 Å². The Bertz CT molecular complexity index is 970. The molecule has 2 aliphatic heterocycles. The molecule has 3 heterocycles. The number of thioether (sulfide) groups is 1. The number of nitrogens with zero attached hydrogens (tertiary/aromatic N) is 2. The number of amides is 2. The first-order valence-corrected chi connectivity index (χ1v) is 9.35. The van der Waals surface area contributed by atoms with Crippen molar-refractivity contribution >= 4 is 40.9 Å². The largest absolute Gasteiger partial charge is 0.465 e. The first kappa shape index (κ1) is 18.8. The van der Waals surface area contributed by atoms with E-state index in [1.165, 1.54) is 25.5 Å². The number of likely N-dealkylation sites (N-methyl/N-ethyl adjacent to an activating group) is 1. The summed E-state index contributed by atoms with van der Waals surface area (Å²) in [5.74, 6) is -2.59. The van der Waals surface area contributed by atoms with Gasteiger partial charge in [-0.2, -0.15) is 5.26 Å². The van der Waals surface area contributed by atoms with Crippen LogP contribution >= 0.6 is 23.1 Å². The first-order valence-electron chi connectivity index (χ1n) is 7.65. The first-order chi connectivity index (χ1) is 12.9. The molecule has 2 aliphatic rings. The molecule has 0 fully saturated rings. The van der Waals surface area contributed by atoms with Gasteiger partial charge >= 0.3 is 5.97 Å². The third kappa shape index (κ3) is 3.01. The van der Waals surface area contributed by atoms with Gasteiger partial charge in [0, 0.05) is 18.0 Å². The van der Waals surface area contributed by atoms with Crippen LogP contribution in [-0.2, 0) is 19.1 Å². The smallest absolute Gasteiger partial charge is 0.344 e. The van der Waals surface area contributed by atoms with Crippen molar-refractivity contribution in [3.05, 3.63) is 55.4 Å². The maximum Gasteiger partial charge on any atom is 0.344 e. The predicted molar refractivity (Wildman–Crippen MR) is 99.5 cm³/mol. The molecule has 0 saturated heterocycles. The molecule has 0 radical (unpaired) electrons. The number of nitriles is 1. The number of hydrogen-bond acceptors (Lipinski definition) is 8. The number of rotatable bonds is 3. The Morgan fingerprint density at radius 2 is 2.19 bits per heavy atom. The van der Waals surface area contributed by atoms with Crippen LogP contribution in [0.4, 0.5) is 0 Å². The highest BCUT2D eigenvalue weighted by Crippen LogP contribution is 2.48. The molecule has 0 saturated carbocycles. The Morgan fingerprint density at radius 1 is 1.44 bits per heavy atom. The highest BCUT2D eigenvalue weighted by atomic mass is 32.2. The average Bonchev–Trinajstić information content (AvgIpc) is 3.20. The third-order valence-electron chi connectivity index (χ3n) is 4.02. The van der Waals surface area contributed by atoms with E-state index in [4.69, 9.17) is 10.5 Å². The summed E-state index contributed by atoms with van der Waals surface area (Å²) >= 11 is 2.27. The number of hydrogen-bond donors (Lipinski definition) is 2. The highest BCUT2D eigenvalue weighted by Gasteiger charge is 2.43. The number of allylic oxidation sites excluding steroid dienone is 1. The van der Waals surface area contributed by atoms with Gasteiger partial charge in [0.15, 0.2) is 0 Å². The average molecular weight is 402 g/mol. The Kier molecular flexibility index (Phi) is 5.07. The molecule has 0 spiro atoms. The van der Waals surface area contributed by atoms with Gasteiger partial charge < -0.3 is 15.8 Å². The summed E-state index contributed by atoms with van der Waals surface area (Å²) in [5.41, 5.74) is 6.41. The van der Waals surface area contributed by atoms with Crippen LogP contribution in [0.5, 0.6) is 0 Å². The second-order valence-electron chi connectivity index (χ2n) is 5.43. The van der Waals surface area contributed by atoms with E-state index in [1.54, 1.807) is 12.1 Å². The molecule has 1 atom stereocenters. The zero-order valence-corrected chi connectivity index (χ0v) is 15.9. The minimum absolute atomic E-state index is 0.0355. The summed E-state index contributed by atoms with van der Waals surface area (Å²) in [7, 11) is 2.65. The van der Waals surface area contributed by atoms with Crippen molar-refractivity contribution in [2.45, 2.75) is 5.92 Å². The SMILES string of the molecule is CNC(=O)C1=C2SC(C(=O)OC)=CC(=O)N2C(N)=C(C#N)C1c1cccs1. The molecule has 0 aliphatic carbocycles. The Morgan fingerprint density at radius 3 is 2.74 bits per heavy atom. The summed E-state index contributed by atoms with van der Waals surface area (Å²) < 4.78 is 4.69. The second-order valence-corrected chi connectivity index (χ2v) is 7.44. The van der Waals surface area contributed by atoms with Crippen LogP contribution in [0.25, 0.3) is 0 Å². The van der Waals surface area contributed by atoms with E-state index < -0.39 is 23.7 Å². The maximum absolute atomic E-state index is 12.7. The van der Waals surface area contributed by atoms with Gasteiger partial charge in [-0.3, -0.25) is 14.5 Å². The fourth-order valence-electron chi connectivity index (χ4n) is 2.82. The van der Waals surface area contributed by atoms with Crippen molar-refractivity contribution < 1.29 is 19.1 Å². The number of esters is 1. The standard InChI is InChI=1S/C17H14N4O4S2/c1-20-15(23)13-12(9-4-3-5-26-9)8(7-18)14(19)21-11(22)6-10(17(24)25-2)27-16(13)21/h3-6,12H,19H2,1-2H3,(H,20,23). The zero-order valence-electron chi connectivity index (χ0n) is 14.3. The topological polar surface area (TPSA) is 126 Å². The lowest BCUT2D eigenvalue weighted by molar-refractivity contribution is -0.135. The molecule has 10 heteroatoms. The van der Waals surface area contributed by atoms with Crippen LogP contribution in [0.2, 0.25) is 0 Å².